The fourth-order valence-electron chi connectivity index (χ4n) is 4.43. The van der Waals surface area contributed by atoms with E-state index in [0.717, 1.165) is 35.2 Å². The van der Waals surface area contributed by atoms with Crippen molar-refractivity contribution in [2.75, 3.05) is 0 Å². The molecule has 0 bridgehead atoms. The molecule has 3 heteroatoms. The Morgan fingerprint density at radius 3 is 2.47 bits per heavy atom. The van der Waals surface area contributed by atoms with Crippen LogP contribution in [0.2, 0.25) is 0 Å². The molecule has 0 saturated heterocycles. The maximum Gasteiger partial charge on any atom is 0.180 e. The highest BCUT2D eigenvalue weighted by atomic mass is 16.1. The summed E-state index contributed by atoms with van der Waals surface area (Å²) in [6.07, 6.45) is 5.32. The number of aryl methyl sites for hydroxylation is 3. The van der Waals surface area contributed by atoms with Gasteiger partial charge in [0.2, 0.25) is 0 Å². The zero-order valence-electron chi connectivity index (χ0n) is 18.2. The average molecular weight is 399 g/mol. The van der Waals surface area contributed by atoms with Crippen LogP contribution in [0.25, 0.3) is 0 Å². The maximum atomic E-state index is 13.0. The predicted octanol–water partition coefficient (Wildman–Crippen LogP) is 4.75. The fourth-order valence-corrected chi connectivity index (χ4v) is 4.43. The van der Waals surface area contributed by atoms with E-state index in [2.05, 4.69) is 43.5 Å². The standard InChI is InChI=1S/C27H28NO2/c1-17-7-5-6-8-22(17)15-28-10-9-21(26(16-28)20(4)29)13-24-14-23-11-18(2)19(3)12-25(23)27(24)30/h5-12,16,24H,13-15H2,1-4H3/q+1. The van der Waals surface area contributed by atoms with Crippen LogP contribution in [0.1, 0.15) is 61.0 Å². The van der Waals surface area contributed by atoms with Gasteiger partial charge in [0.05, 0.1) is 5.56 Å². The Morgan fingerprint density at radius 2 is 1.73 bits per heavy atom. The molecule has 2 aromatic carbocycles. The minimum atomic E-state index is -0.0912. The lowest BCUT2D eigenvalue weighted by Crippen LogP contribution is -2.35. The van der Waals surface area contributed by atoms with Crippen LogP contribution < -0.4 is 4.57 Å². The molecule has 0 aliphatic heterocycles. The second-order valence-electron chi connectivity index (χ2n) is 8.60. The molecule has 1 heterocycles. The van der Waals surface area contributed by atoms with Gasteiger partial charge in [0.1, 0.15) is 0 Å². The zero-order valence-corrected chi connectivity index (χ0v) is 18.2. The van der Waals surface area contributed by atoms with Gasteiger partial charge in [-0.25, -0.2) is 4.57 Å². The van der Waals surface area contributed by atoms with Gasteiger partial charge < -0.3 is 0 Å². The van der Waals surface area contributed by atoms with E-state index in [0.29, 0.717) is 12.0 Å². The first kappa shape index (κ1) is 20.2. The van der Waals surface area contributed by atoms with Gasteiger partial charge in [-0.3, -0.25) is 9.59 Å². The van der Waals surface area contributed by atoms with Crippen molar-refractivity contribution in [2.24, 2.45) is 5.92 Å². The van der Waals surface area contributed by atoms with E-state index >= 15 is 0 Å². The third kappa shape index (κ3) is 3.85. The van der Waals surface area contributed by atoms with Gasteiger partial charge in [0, 0.05) is 23.1 Å². The van der Waals surface area contributed by atoms with E-state index in [1.807, 2.05) is 36.7 Å². The topological polar surface area (TPSA) is 38.0 Å². The highest BCUT2D eigenvalue weighted by molar-refractivity contribution is 6.03. The number of rotatable bonds is 5. The molecule has 30 heavy (non-hydrogen) atoms. The van der Waals surface area contributed by atoms with Gasteiger partial charge >= 0.3 is 0 Å². The lowest BCUT2D eigenvalue weighted by atomic mass is 9.92. The third-order valence-corrected chi connectivity index (χ3v) is 6.39. The molecular formula is C27H28NO2+. The van der Waals surface area contributed by atoms with Crippen molar-refractivity contribution in [3.8, 4) is 0 Å². The Bertz CT molecular complexity index is 1160. The third-order valence-electron chi connectivity index (χ3n) is 6.39. The van der Waals surface area contributed by atoms with Crippen LogP contribution in [0, 0.1) is 26.7 Å². The van der Waals surface area contributed by atoms with Crippen LogP contribution in [-0.4, -0.2) is 11.6 Å². The molecule has 0 fully saturated rings. The Hall–Kier alpha value is -3.07. The van der Waals surface area contributed by atoms with Gasteiger partial charge in [-0.15, -0.1) is 0 Å². The molecule has 152 valence electrons. The number of aromatic nitrogens is 1. The molecule has 0 saturated carbocycles. The number of carbonyl (C=O) groups is 2. The zero-order chi connectivity index (χ0) is 21.4. The first-order chi connectivity index (χ1) is 14.3. The summed E-state index contributed by atoms with van der Waals surface area (Å²) in [7, 11) is 0. The molecule has 3 nitrogen and oxygen atoms in total. The van der Waals surface area contributed by atoms with E-state index in [-0.39, 0.29) is 17.5 Å². The van der Waals surface area contributed by atoms with Gasteiger partial charge in [-0.05, 0) is 74.4 Å². The molecule has 0 spiro atoms. The summed E-state index contributed by atoms with van der Waals surface area (Å²) in [5.41, 5.74) is 8.52. The van der Waals surface area contributed by atoms with Crippen LogP contribution in [0.5, 0.6) is 0 Å². The van der Waals surface area contributed by atoms with E-state index < -0.39 is 0 Å². The molecule has 0 N–H and O–H groups in total. The molecule has 0 radical (unpaired) electrons. The predicted molar refractivity (Wildman–Crippen MR) is 118 cm³/mol. The molecule has 1 atom stereocenters. The lowest BCUT2D eigenvalue weighted by molar-refractivity contribution is -0.688. The minimum Gasteiger partial charge on any atom is -0.294 e. The van der Waals surface area contributed by atoms with Crippen LogP contribution in [0.3, 0.4) is 0 Å². The Labute approximate surface area is 178 Å². The van der Waals surface area contributed by atoms with Crippen molar-refractivity contribution < 1.29 is 14.2 Å². The summed E-state index contributed by atoms with van der Waals surface area (Å²) in [5.74, 6) is 0.157. The first-order valence-electron chi connectivity index (χ1n) is 10.5. The summed E-state index contributed by atoms with van der Waals surface area (Å²) in [6, 6.07) is 14.5. The lowest BCUT2D eigenvalue weighted by Gasteiger charge is -2.11. The summed E-state index contributed by atoms with van der Waals surface area (Å²) in [6.45, 7) is 8.57. The van der Waals surface area contributed by atoms with Crippen LogP contribution in [-0.2, 0) is 19.4 Å². The smallest absolute Gasteiger partial charge is 0.180 e. The number of hydrogen-bond acceptors (Lipinski definition) is 2. The number of carbonyl (C=O) groups excluding carboxylic acids is 2. The van der Waals surface area contributed by atoms with Crippen LogP contribution >= 0.6 is 0 Å². The van der Waals surface area contributed by atoms with Gasteiger partial charge in [-0.2, -0.15) is 0 Å². The number of Topliss-reactive ketones (excluding diaryl/α,β-unsaturated/α-hetero) is 2. The van der Waals surface area contributed by atoms with Crippen molar-refractivity contribution in [3.05, 3.63) is 99.4 Å². The summed E-state index contributed by atoms with van der Waals surface area (Å²) in [5, 5.41) is 0. The van der Waals surface area contributed by atoms with Crippen molar-refractivity contribution >= 4 is 11.6 Å². The summed E-state index contributed by atoms with van der Waals surface area (Å²) >= 11 is 0. The highest BCUT2D eigenvalue weighted by Gasteiger charge is 2.32. The molecule has 1 aliphatic rings. The van der Waals surface area contributed by atoms with E-state index in [9.17, 15) is 9.59 Å². The van der Waals surface area contributed by atoms with Crippen molar-refractivity contribution in [2.45, 2.75) is 47.1 Å². The molecule has 1 unspecified atom stereocenters. The molecule has 3 aromatic rings. The summed E-state index contributed by atoms with van der Waals surface area (Å²) in [4.78, 5) is 25.4. The Balaban J connectivity index is 1.60. The average Bonchev–Trinajstić information content (AvgIpc) is 3.00. The second kappa shape index (κ2) is 7.98. The van der Waals surface area contributed by atoms with E-state index in [1.165, 1.54) is 16.7 Å². The number of ketones is 2. The normalized spacial score (nSPS) is 15.3. The van der Waals surface area contributed by atoms with Gasteiger partial charge in [-0.1, -0.05) is 30.3 Å². The minimum absolute atomic E-state index is 0.0405. The molecule has 4 rings (SSSR count). The molecule has 1 aromatic heterocycles. The largest absolute Gasteiger partial charge is 0.294 e. The first-order valence-corrected chi connectivity index (χ1v) is 10.5. The van der Waals surface area contributed by atoms with E-state index in [1.54, 1.807) is 6.92 Å². The number of benzene rings is 2. The van der Waals surface area contributed by atoms with Crippen LogP contribution in [0.4, 0.5) is 0 Å². The maximum absolute atomic E-state index is 13.0. The Morgan fingerprint density at radius 1 is 1.00 bits per heavy atom. The molecule has 1 aliphatic carbocycles. The monoisotopic (exact) mass is 398 g/mol. The highest BCUT2D eigenvalue weighted by Crippen LogP contribution is 2.31. The second-order valence-corrected chi connectivity index (χ2v) is 8.60. The van der Waals surface area contributed by atoms with Crippen molar-refractivity contribution in [1.29, 1.82) is 0 Å². The van der Waals surface area contributed by atoms with Crippen molar-refractivity contribution in [3.63, 3.8) is 0 Å². The number of pyridine rings is 1. The number of fused-ring (bicyclic) bond motifs is 1. The quantitative estimate of drug-likeness (QED) is 0.460. The van der Waals surface area contributed by atoms with Gasteiger partial charge in [0.15, 0.2) is 30.5 Å². The SMILES string of the molecule is CC(=O)c1c[n+](Cc2ccccc2C)ccc1CC1Cc2cc(C)c(C)cc2C1=O. The summed E-state index contributed by atoms with van der Waals surface area (Å²) < 4.78 is 2.06. The molecule has 0 amide bonds. The Kier molecular flexibility index (Phi) is 5.38. The number of nitrogens with zero attached hydrogens (tertiary/aromatic N) is 1. The fraction of sp³-hybridized carbons (Fsp3) is 0.296. The van der Waals surface area contributed by atoms with E-state index in [4.69, 9.17) is 0 Å². The van der Waals surface area contributed by atoms with Crippen molar-refractivity contribution in [1.82, 2.24) is 0 Å². The van der Waals surface area contributed by atoms with Gasteiger partial charge in [0.25, 0.3) is 0 Å². The van der Waals surface area contributed by atoms with Crippen LogP contribution in [0.15, 0.2) is 54.9 Å². The molecular weight excluding hydrogens is 370 g/mol. The number of hydrogen-bond donors (Lipinski definition) is 0.